The number of hydrogen-bond donors (Lipinski definition) is 1. The van der Waals surface area contributed by atoms with Crippen LogP contribution in [0.1, 0.15) is 42.5 Å². The van der Waals surface area contributed by atoms with Crippen molar-refractivity contribution < 1.29 is 14.9 Å². The molecule has 1 heterocycles. The van der Waals surface area contributed by atoms with Crippen LogP contribution < -0.4 is 0 Å². The first-order valence-corrected chi connectivity index (χ1v) is 6.93. The van der Waals surface area contributed by atoms with Gasteiger partial charge in [0.15, 0.2) is 0 Å². The fourth-order valence-electron chi connectivity index (χ4n) is 2.58. The molecule has 1 N–H and O–H groups in total. The SMILES string of the molecule is Cc1cnc(COC2CCC(=NO)CC2)c(C)c1[N+](=O)[O-]. The lowest BCUT2D eigenvalue weighted by Crippen LogP contribution is -2.22. The van der Waals surface area contributed by atoms with Gasteiger partial charge in [-0.1, -0.05) is 5.16 Å². The molecule has 0 radical (unpaired) electrons. The van der Waals surface area contributed by atoms with Gasteiger partial charge in [-0.2, -0.15) is 0 Å². The molecule has 1 aliphatic rings. The molecule has 21 heavy (non-hydrogen) atoms. The normalized spacial score (nSPS) is 18.6. The topological polar surface area (TPSA) is 97.9 Å². The number of nitro groups is 1. The van der Waals surface area contributed by atoms with Gasteiger partial charge in [0.05, 0.1) is 34.6 Å². The lowest BCUT2D eigenvalue weighted by Gasteiger charge is -2.22. The lowest BCUT2D eigenvalue weighted by atomic mass is 9.96. The third-order valence-electron chi connectivity index (χ3n) is 3.87. The maximum atomic E-state index is 11.1. The Morgan fingerprint density at radius 1 is 1.48 bits per heavy atom. The molecule has 0 bridgehead atoms. The lowest BCUT2D eigenvalue weighted by molar-refractivity contribution is -0.386. The second kappa shape index (κ2) is 6.62. The predicted molar refractivity (Wildman–Crippen MR) is 76.6 cm³/mol. The first kappa shape index (κ1) is 15.4. The zero-order valence-electron chi connectivity index (χ0n) is 12.2. The van der Waals surface area contributed by atoms with Crippen LogP contribution in [-0.2, 0) is 11.3 Å². The minimum absolute atomic E-state index is 0.0806. The molecule has 2 rings (SSSR count). The highest BCUT2D eigenvalue weighted by Gasteiger charge is 2.22. The van der Waals surface area contributed by atoms with Crippen molar-refractivity contribution >= 4 is 11.4 Å². The largest absolute Gasteiger partial charge is 0.411 e. The molecule has 1 fully saturated rings. The van der Waals surface area contributed by atoms with E-state index in [1.165, 1.54) is 6.20 Å². The Labute approximate surface area is 122 Å². The number of hydrogen-bond acceptors (Lipinski definition) is 6. The molecule has 0 spiro atoms. The molecule has 7 nitrogen and oxygen atoms in total. The summed E-state index contributed by atoms with van der Waals surface area (Å²) in [5.74, 6) is 0. The van der Waals surface area contributed by atoms with Crippen molar-refractivity contribution in [2.45, 2.75) is 52.2 Å². The van der Waals surface area contributed by atoms with Crippen LogP contribution in [0.3, 0.4) is 0 Å². The van der Waals surface area contributed by atoms with Crippen molar-refractivity contribution in [3.63, 3.8) is 0 Å². The third-order valence-corrected chi connectivity index (χ3v) is 3.87. The zero-order chi connectivity index (χ0) is 15.4. The van der Waals surface area contributed by atoms with Crippen LogP contribution in [0, 0.1) is 24.0 Å². The van der Waals surface area contributed by atoms with Gasteiger partial charge >= 0.3 is 0 Å². The van der Waals surface area contributed by atoms with E-state index in [-0.39, 0.29) is 23.3 Å². The van der Waals surface area contributed by atoms with Gasteiger partial charge in [0.1, 0.15) is 0 Å². The second-order valence-electron chi connectivity index (χ2n) is 5.30. The Morgan fingerprint density at radius 3 is 2.71 bits per heavy atom. The monoisotopic (exact) mass is 293 g/mol. The van der Waals surface area contributed by atoms with E-state index in [9.17, 15) is 10.1 Å². The van der Waals surface area contributed by atoms with Gasteiger partial charge in [0, 0.05) is 11.8 Å². The van der Waals surface area contributed by atoms with Gasteiger partial charge in [-0.25, -0.2) is 0 Å². The number of aromatic nitrogens is 1. The standard InChI is InChI=1S/C14H19N3O4/c1-9-7-15-13(10(2)14(9)17(19)20)8-21-12-5-3-11(16-18)4-6-12/h7,12,18H,3-6,8H2,1-2H3. The summed E-state index contributed by atoms with van der Waals surface area (Å²) >= 11 is 0. The molecule has 0 saturated heterocycles. The predicted octanol–water partition coefficient (Wildman–Crippen LogP) is 2.90. The van der Waals surface area contributed by atoms with Crippen LogP contribution in [0.2, 0.25) is 0 Å². The van der Waals surface area contributed by atoms with Crippen molar-refractivity contribution in [3.8, 4) is 0 Å². The number of nitrogens with zero attached hydrogens (tertiary/aromatic N) is 3. The first-order valence-electron chi connectivity index (χ1n) is 6.93. The summed E-state index contributed by atoms with van der Waals surface area (Å²) in [6.07, 6.45) is 4.64. The molecule has 7 heteroatoms. The van der Waals surface area contributed by atoms with Gasteiger partial charge in [-0.3, -0.25) is 15.1 Å². The van der Waals surface area contributed by atoms with Crippen molar-refractivity contribution in [2.75, 3.05) is 0 Å². The van der Waals surface area contributed by atoms with Crippen molar-refractivity contribution in [1.29, 1.82) is 0 Å². The fraction of sp³-hybridized carbons (Fsp3) is 0.571. The van der Waals surface area contributed by atoms with Crippen LogP contribution in [0.25, 0.3) is 0 Å². The van der Waals surface area contributed by atoms with Crippen molar-refractivity contribution in [2.24, 2.45) is 5.16 Å². The molecule has 0 aromatic carbocycles. The average molecular weight is 293 g/mol. The van der Waals surface area contributed by atoms with E-state index in [2.05, 4.69) is 10.1 Å². The Kier molecular flexibility index (Phi) is 4.85. The van der Waals surface area contributed by atoms with Crippen LogP contribution in [0.4, 0.5) is 5.69 Å². The Morgan fingerprint density at radius 2 is 2.14 bits per heavy atom. The summed E-state index contributed by atoms with van der Waals surface area (Å²) in [6, 6.07) is 0. The highest BCUT2D eigenvalue weighted by atomic mass is 16.6. The zero-order valence-corrected chi connectivity index (χ0v) is 12.2. The van der Waals surface area contributed by atoms with Crippen LogP contribution in [0.5, 0.6) is 0 Å². The van der Waals surface area contributed by atoms with E-state index in [1.807, 2.05) is 0 Å². The highest BCUT2D eigenvalue weighted by molar-refractivity contribution is 5.84. The van der Waals surface area contributed by atoms with Crippen molar-refractivity contribution in [3.05, 3.63) is 33.1 Å². The molecule has 0 unspecified atom stereocenters. The van der Waals surface area contributed by atoms with Gasteiger partial charge in [0.25, 0.3) is 5.69 Å². The molecule has 1 aromatic heterocycles. The molecule has 0 atom stereocenters. The van der Waals surface area contributed by atoms with Gasteiger partial charge in [0.2, 0.25) is 0 Å². The molecule has 1 aromatic rings. The summed E-state index contributed by atoms with van der Waals surface area (Å²) in [6.45, 7) is 3.65. The summed E-state index contributed by atoms with van der Waals surface area (Å²) in [5, 5.41) is 23.0. The minimum atomic E-state index is -0.375. The number of ether oxygens (including phenoxy) is 1. The van der Waals surface area contributed by atoms with Crippen molar-refractivity contribution in [1.82, 2.24) is 4.98 Å². The maximum Gasteiger partial charge on any atom is 0.278 e. The summed E-state index contributed by atoms with van der Waals surface area (Å²) in [5.41, 5.74) is 2.64. The Balaban J connectivity index is 2.01. The molecule has 0 amide bonds. The summed E-state index contributed by atoms with van der Waals surface area (Å²) in [4.78, 5) is 14.9. The summed E-state index contributed by atoms with van der Waals surface area (Å²) in [7, 11) is 0. The smallest absolute Gasteiger partial charge is 0.278 e. The van der Waals surface area contributed by atoms with Gasteiger partial charge in [-0.05, 0) is 39.5 Å². The number of aryl methyl sites for hydroxylation is 1. The molecule has 0 aliphatic heterocycles. The fourth-order valence-corrected chi connectivity index (χ4v) is 2.58. The van der Waals surface area contributed by atoms with E-state index >= 15 is 0 Å². The molecule has 114 valence electrons. The van der Waals surface area contributed by atoms with E-state index < -0.39 is 0 Å². The molecular weight excluding hydrogens is 274 g/mol. The van der Waals surface area contributed by atoms with E-state index in [0.29, 0.717) is 16.8 Å². The van der Waals surface area contributed by atoms with E-state index in [4.69, 9.17) is 9.94 Å². The molecule has 1 aliphatic carbocycles. The maximum absolute atomic E-state index is 11.1. The number of oxime groups is 1. The van der Waals surface area contributed by atoms with Crippen LogP contribution in [0.15, 0.2) is 11.4 Å². The molecular formula is C14H19N3O4. The van der Waals surface area contributed by atoms with E-state index in [1.54, 1.807) is 13.8 Å². The third kappa shape index (κ3) is 3.55. The minimum Gasteiger partial charge on any atom is -0.411 e. The Hall–Kier alpha value is -2.02. The molecule has 1 saturated carbocycles. The second-order valence-corrected chi connectivity index (χ2v) is 5.30. The average Bonchev–Trinajstić information content (AvgIpc) is 2.46. The quantitative estimate of drug-likeness (QED) is 0.523. The summed E-state index contributed by atoms with van der Waals surface area (Å²) < 4.78 is 5.80. The van der Waals surface area contributed by atoms with Gasteiger partial charge < -0.3 is 9.94 Å². The van der Waals surface area contributed by atoms with Gasteiger partial charge in [-0.15, -0.1) is 0 Å². The van der Waals surface area contributed by atoms with Crippen LogP contribution in [-0.4, -0.2) is 26.9 Å². The van der Waals surface area contributed by atoms with E-state index in [0.717, 1.165) is 31.4 Å². The first-order chi connectivity index (χ1) is 10.0. The van der Waals surface area contributed by atoms with Crippen LogP contribution >= 0.6 is 0 Å². The number of pyridine rings is 1. The number of rotatable bonds is 4. The highest BCUT2D eigenvalue weighted by Crippen LogP contribution is 2.26. The Bertz CT molecular complexity index is 562.